The zero-order valence-electron chi connectivity index (χ0n) is 14.1. The number of aryl methyl sites for hydroxylation is 1. The van der Waals surface area contributed by atoms with E-state index < -0.39 is 4.92 Å². The lowest BCUT2D eigenvalue weighted by Crippen LogP contribution is -2.17. The van der Waals surface area contributed by atoms with Gasteiger partial charge < -0.3 is 9.88 Å². The first-order valence-corrected chi connectivity index (χ1v) is 7.60. The van der Waals surface area contributed by atoms with Crippen molar-refractivity contribution in [3.05, 3.63) is 52.5 Å². The van der Waals surface area contributed by atoms with E-state index in [1.165, 1.54) is 12.3 Å². The maximum absolute atomic E-state index is 10.7. The number of fused-ring (bicyclic) bond motifs is 1. The highest BCUT2D eigenvalue weighted by atomic mass is 16.6. The summed E-state index contributed by atoms with van der Waals surface area (Å²) in [7, 11) is 2.01. The molecule has 0 radical (unpaired) electrons. The monoisotopic (exact) mass is 325 g/mol. The second-order valence-electron chi connectivity index (χ2n) is 6.73. The van der Waals surface area contributed by atoms with E-state index in [9.17, 15) is 10.1 Å². The van der Waals surface area contributed by atoms with Crippen LogP contribution < -0.4 is 5.32 Å². The van der Waals surface area contributed by atoms with Gasteiger partial charge in [-0.1, -0.05) is 20.8 Å². The molecule has 3 rings (SSSR count). The van der Waals surface area contributed by atoms with Crippen molar-refractivity contribution < 1.29 is 4.92 Å². The molecule has 0 saturated heterocycles. The molecule has 2 aromatic heterocycles. The van der Waals surface area contributed by atoms with Gasteiger partial charge in [0.2, 0.25) is 0 Å². The average molecular weight is 325 g/mol. The molecule has 1 N–H and O–H groups in total. The first-order chi connectivity index (χ1) is 11.3. The number of hydrogen-bond donors (Lipinski definition) is 1. The highest BCUT2D eigenvalue weighted by molar-refractivity contribution is 5.81. The molecule has 7 heteroatoms. The van der Waals surface area contributed by atoms with E-state index >= 15 is 0 Å². The maximum Gasteiger partial charge on any atom is 0.287 e. The van der Waals surface area contributed by atoms with Crippen molar-refractivity contribution in [3.8, 4) is 0 Å². The minimum atomic E-state index is -0.468. The van der Waals surface area contributed by atoms with Crippen LogP contribution in [0.15, 0.2) is 36.5 Å². The summed E-state index contributed by atoms with van der Waals surface area (Å²) in [5, 5.41) is 13.8. The number of hydrogen-bond acceptors (Lipinski definition) is 5. The molecule has 0 aliphatic heterocycles. The van der Waals surface area contributed by atoms with Crippen LogP contribution in [0.2, 0.25) is 0 Å². The Labute approximate surface area is 139 Å². The minimum absolute atomic E-state index is 0.0319. The van der Waals surface area contributed by atoms with E-state index in [4.69, 9.17) is 4.98 Å². The Morgan fingerprint density at radius 1 is 1.21 bits per heavy atom. The zero-order valence-corrected chi connectivity index (χ0v) is 14.1. The Bertz CT molecular complexity index is 907. The predicted octanol–water partition coefficient (Wildman–Crippen LogP) is 3.92. The van der Waals surface area contributed by atoms with Gasteiger partial charge in [0.05, 0.1) is 16.0 Å². The molecule has 0 atom stereocenters. The Kier molecular flexibility index (Phi) is 3.71. The third kappa shape index (κ3) is 2.92. The summed E-state index contributed by atoms with van der Waals surface area (Å²) in [4.78, 5) is 19.0. The molecule has 3 aromatic rings. The van der Waals surface area contributed by atoms with E-state index in [1.807, 2.05) is 25.2 Å². The minimum Gasteiger partial charge on any atom is -0.340 e. The lowest BCUT2D eigenvalue weighted by molar-refractivity contribution is -0.385. The van der Waals surface area contributed by atoms with Crippen molar-refractivity contribution in [2.24, 2.45) is 7.05 Å². The summed E-state index contributed by atoms with van der Waals surface area (Å²) < 4.78 is 2.10. The molecular formula is C17H19N5O2. The summed E-state index contributed by atoms with van der Waals surface area (Å²) in [5.74, 6) is 1.56. The van der Waals surface area contributed by atoms with Gasteiger partial charge in [0.1, 0.15) is 17.8 Å². The van der Waals surface area contributed by atoms with E-state index in [2.05, 4.69) is 35.6 Å². The number of benzene rings is 1. The molecule has 0 spiro atoms. The Balaban J connectivity index is 1.92. The number of nitro groups is 1. The maximum atomic E-state index is 10.7. The van der Waals surface area contributed by atoms with Crippen LogP contribution in [0.3, 0.4) is 0 Å². The second-order valence-corrected chi connectivity index (χ2v) is 6.73. The van der Waals surface area contributed by atoms with E-state index in [0.29, 0.717) is 5.82 Å². The van der Waals surface area contributed by atoms with Crippen LogP contribution in [0.1, 0.15) is 26.6 Å². The molecule has 0 amide bonds. The lowest BCUT2D eigenvalue weighted by atomic mass is 9.96. The molecule has 0 saturated carbocycles. The van der Waals surface area contributed by atoms with Gasteiger partial charge in [-0.2, -0.15) is 0 Å². The third-order valence-electron chi connectivity index (χ3n) is 3.78. The highest BCUT2D eigenvalue weighted by Gasteiger charge is 2.21. The van der Waals surface area contributed by atoms with Gasteiger partial charge in [-0.3, -0.25) is 10.1 Å². The van der Waals surface area contributed by atoms with Crippen LogP contribution in [0.25, 0.3) is 11.0 Å². The number of pyridine rings is 1. The summed E-state index contributed by atoms with van der Waals surface area (Å²) >= 11 is 0. The summed E-state index contributed by atoms with van der Waals surface area (Å²) in [6, 6.07) is 8.91. The van der Waals surface area contributed by atoms with Gasteiger partial charge in [-0.05, 0) is 24.3 Å². The topological polar surface area (TPSA) is 85.9 Å². The van der Waals surface area contributed by atoms with Crippen LogP contribution >= 0.6 is 0 Å². The molecule has 2 heterocycles. The molecule has 7 nitrogen and oxygen atoms in total. The third-order valence-corrected chi connectivity index (χ3v) is 3.78. The Hall–Kier alpha value is -2.96. The normalized spacial score (nSPS) is 11.7. The van der Waals surface area contributed by atoms with Crippen LogP contribution in [0, 0.1) is 10.1 Å². The summed E-state index contributed by atoms with van der Waals surface area (Å²) in [6.45, 7) is 6.40. The fourth-order valence-electron chi connectivity index (χ4n) is 2.66. The van der Waals surface area contributed by atoms with Crippen molar-refractivity contribution in [2.75, 3.05) is 5.32 Å². The molecular weight excluding hydrogens is 306 g/mol. The number of anilines is 2. The van der Waals surface area contributed by atoms with Gasteiger partial charge in [-0.15, -0.1) is 0 Å². The SMILES string of the molecule is Cn1c(C(C)(C)C)nc2cc(Nc3ccc([N+](=O)[O-])cn3)ccc21. The Morgan fingerprint density at radius 2 is 1.96 bits per heavy atom. The number of nitrogens with one attached hydrogen (secondary N) is 1. The fourth-order valence-corrected chi connectivity index (χ4v) is 2.66. The molecule has 24 heavy (non-hydrogen) atoms. The molecule has 0 aliphatic carbocycles. The average Bonchev–Trinajstić information content (AvgIpc) is 2.84. The second kappa shape index (κ2) is 5.59. The van der Waals surface area contributed by atoms with Crippen molar-refractivity contribution in [3.63, 3.8) is 0 Å². The van der Waals surface area contributed by atoms with Crippen LogP contribution in [0.4, 0.5) is 17.2 Å². The smallest absolute Gasteiger partial charge is 0.287 e. The van der Waals surface area contributed by atoms with Gasteiger partial charge in [0.25, 0.3) is 5.69 Å². The van der Waals surface area contributed by atoms with Crippen LogP contribution in [-0.2, 0) is 12.5 Å². The molecule has 0 bridgehead atoms. The predicted molar refractivity (Wildman–Crippen MR) is 93.6 cm³/mol. The van der Waals surface area contributed by atoms with Crippen LogP contribution in [-0.4, -0.2) is 19.5 Å². The molecule has 1 aromatic carbocycles. The number of imidazole rings is 1. The van der Waals surface area contributed by atoms with Crippen LogP contribution in [0.5, 0.6) is 0 Å². The van der Waals surface area contributed by atoms with E-state index in [-0.39, 0.29) is 11.1 Å². The quantitative estimate of drug-likeness (QED) is 0.582. The van der Waals surface area contributed by atoms with Gasteiger partial charge in [0, 0.05) is 24.2 Å². The Morgan fingerprint density at radius 3 is 2.54 bits per heavy atom. The summed E-state index contributed by atoms with van der Waals surface area (Å²) in [6.07, 6.45) is 1.24. The lowest BCUT2D eigenvalue weighted by Gasteiger charge is -2.17. The summed E-state index contributed by atoms with van der Waals surface area (Å²) in [5.41, 5.74) is 2.72. The van der Waals surface area contributed by atoms with Crippen molar-refractivity contribution >= 4 is 28.2 Å². The van der Waals surface area contributed by atoms with Gasteiger partial charge >= 0.3 is 0 Å². The highest BCUT2D eigenvalue weighted by Crippen LogP contribution is 2.27. The van der Waals surface area contributed by atoms with E-state index in [1.54, 1.807) is 6.07 Å². The standard InChI is InChI=1S/C17H19N5O2/c1-17(2,3)16-20-13-9-11(5-7-14(13)21(16)4)19-15-8-6-12(10-18-15)22(23)24/h5-10H,1-4H3,(H,18,19). The molecule has 124 valence electrons. The van der Waals surface area contributed by atoms with Crippen molar-refractivity contribution in [1.82, 2.24) is 14.5 Å². The largest absolute Gasteiger partial charge is 0.340 e. The first kappa shape index (κ1) is 15.9. The first-order valence-electron chi connectivity index (χ1n) is 7.60. The van der Waals surface area contributed by atoms with Crippen molar-refractivity contribution in [1.29, 1.82) is 0 Å². The van der Waals surface area contributed by atoms with E-state index in [0.717, 1.165) is 22.5 Å². The van der Waals surface area contributed by atoms with Gasteiger partial charge in [0.15, 0.2) is 0 Å². The molecule has 0 unspecified atom stereocenters. The van der Waals surface area contributed by atoms with Crippen molar-refractivity contribution in [2.45, 2.75) is 26.2 Å². The zero-order chi connectivity index (χ0) is 17.5. The number of rotatable bonds is 3. The number of nitrogens with zero attached hydrogens (tertiary/aromatic N) is 4. The van der Waals surface area contributed by atoms with Gasteiger partial charge in [-0.25, -0.2) is 9.97 Å². The number of aromatic nitrogens is 3. The fraction of sp³-hybridized carbons (Fsp3) is 0.294. The molecule has 0 aliphatic rings. The molecule has 0 fully saturated rings.